The van der Waals surface area contributed by atoms with E-state index >= 15 is 0 Å². The number of nitrogens with one attached hydrogen (secondary N) is 2. The van der Waals surface area contributed by atoms with E-state index in [9.17, 15) is 0 Å². The molecular formula is C7H9N5. The predicted octanol–water partition coefficient (Wildman–Crippen LogP) is -0.118. The second-order valence-electron chi connectivity index (χ2n) is 2.43. The summed E-state index contributed by atoms with van der Waals surface area (Å²) in [5, 5.41) is 3.01. The van der Waals surface area contributed by atoms with Gasteiger partial charge in [0.1, 0.15) is 5.84 Å². The minimum atomic E-state index is -0.176. The van der Waals surface area contributed by atoms with Crippen molar-refractivity contribution >= 4 is 5.84 Å². The number of aromatic amines is 1. The van der Waals surface area contributed by atoms with Crippen LogP contribution in [0.1, 0.15) is 12.0 Å². The number of aliphatic imine (C=N–C) groups is 1. The Hall–Kier alpha value is -1.78. The Labute approximate surface area is 69.4 Å². The molecule has 2 heterocycles. The minimum absolute atomic E-state index is 0.176. The van der Waals surface area contributed by atoms with Gasteiger partial charge in [0, 0.05) is 18.6 Å². The maximum absolute atomic E-state index is 5.51. The van der Waals surface area contributed by atoms with Crippen LogP contribution in [-0.2, 0) is 0 Å². The molecule has 0 fully saturated rings. The van der Waals surface area contributed by atoms with E-state index in [-0.39, 0.29) is 6.17 Å². The van der Waals surface area contributed by atoms with Crippen LogP contribution >= 0.6 is 0 Å². The zero-order chi connectivity index (χ0) is 8.39. The lowest BCUT2D eigenvalue weighted by atomic mass is 10.4. The molecule has 0 bridgehead atoms. The van der Waals surface area contributed by atoms with Crippen molar-refractivity contribution < 1.29 is 0 Å². The summed E-state index contributed by atoms with van der Waals surface area (Å²) >= 11 is 0. The van der Waals surface area contributed by atoms with E-state index in [0.717, 1.165) is 5.82 Å². The molecular weight excluding hydrogens is 154 g/mol. The number of nitrogens with zero attached hydrogens (tertiary/aromatic N) is 2. The van der Waals surface area contributed by atoms with E-state index in [4.69, 9.17) is 5.73 Å². The molecule has 0 radical (unpaired) electrons. The van der Waals surface area contributed by atoms with Crippen molar-refractivity contribution in [2.45, 2.75) is 6.17 Å². The fourth-order valence-electron chi connectivity index (χ4n) is 1.02. The smallest absolute Gasteiger partial charge is 0.179 e. The van der Waals surface area contributed by atoms with Crippen LogP contribution in [0, 0.1) is 0 Å². The predicted molar refractivity (Wildman–Crippen MR) is 45.2 cm³/mol. The number of aromatic nitrogens is 2. The zero-order valence-corrected chi connectivity index (χ0v) is 6.36. The highest BCUT2D eigenvalue weighted by molar-refractivity contribution is 5.91. The highest BCUT2D eigenvalue weighted by Gasteiger charge is 2.12. The molecule has 12 heavy (non-hydrogen) atoms. The van der Waals surface area contributed by atoms with Crippen LogP contribution in [0.2, 0.25) is 0 Å². The van der Waals surface area contributed by atoms with Crippen molar-refractivity contribution in [1.29, 1.82) is 0 Å². The van der Waals surface area contributed by atoms with Gasteiger partial charge in [-0.25, -0.2) is 9.98 Å². The largest absolute Gasteiger partial charge is 0.384 e. The molecule has 1 unspecified atom stereocenters. The van der Waals surface area contributed by atoms with Crippen LogP contribution in [0.3, 0.4) is 0 Å². The van der Waals surface area contributed by atoms with Crippen LogP contribution in [0.5, 0.6) is 0 Å². The van der Waals surface area contributed by atoms with Crippen LogP contribution in [-0.4, -0.2) is 15.8 Å². The second-order valence-corrected chi connectivity index (χ2v) is 2.43. The normalized spacial score (nSPS) is 21.7. The molecule has 0 amide bonds. The number of nitrogens with two attached hydrogens (primary N) is 1. The van der Waals surface area contributed by atoms with Crippen molar-refractivity contribution in [2.75, 3.05) is 0 Å². The lowest BCUT2D eigenvalue weighted by Crippen LogP contribution is -2.24. The first-order valence-corrected chi connectivity index (χ1v) is 3.61. The SMILES string of the molecule is NC1=NC(c2ncc[nH]2)NC=C1. The van der Waals surface area contributed by atoms with E-state index in [0.29, 0.717) is 5.84 Å². The van der Waals surface area contributed by atoms with Gasteiger partial charge in [0.2, 0.25) is 0 Å². The molecule has 1 aliphatic rings. The van der Waals surface area contributed by atoms with Gasteiger partial charge in [-0.05, 0) is 6.08 Å². The Morgan fingerprint density at radius 3 is 3.08 bits per heavy atom. The van der Waals surface area contributed by atoms with Gasteiger partial charge in [-0.1, -0.05) is 0 Å². The van der Waals surface area contributed by atoms with Crippen molar-refractivity contribution in [3.8, 4) is 0 Å². The van der Waals surface area contributed by atoms with Gasteiger partial charge >= 0.3 is 0 Å². The Bertz CT molecular complexity index is 311. The van der Waals surface area contributed by atoms with Gasteiger partial charge in [-0.2, -0.15) is 0 Å². The van der Waals surface area contributed by atoms with Crippen LogP contribution in [0.4, 0.5) is 0 Å². The maximum atomic E-state index is 5.51. The van der Waals surface area contributed by atoms with Crippen molar-refractivity contribution in [3.63, 3.8) is 0 Å². The number of imidazole rings is 1. The van der Waals surface area contributed by atoms with E-state index < -0.39 is 0 Å². The molecule has 5 heteroatoms. The molecule has 1 aromatic rings. The van der Waals surface area contributed by atoms with Gasteiger partial charge < -0.3 is 16.0 Å². The summed E-state index contributed by atoms with van der Waals surface area (Å²) in [5.41, 5.74) is 5.51. The fraction of sp³-hybridized carbons (Fsp3) is 0.143. The Morgan fingerprint density at radius 2 is 2.42 bits per heavy atom. The molecule has 0 saturated heterocycles. The first-order valence-electron chi connectivity index (χ1n) is 3.61. The third kappa shape index (κ3) is 1.16. The summed E-state index contributed by atoms with van der Waals surface area (Å²) in [5.74, 6) is 1.28. The highest BCUT2D eigenvalue weighted by Crippen LogP contribution is 2.10. The molecule has 1 atom stereocenters. The molecule has 5 nitrogen and oxygen atoms in total. The molecule has 1 aliphatic heterocycles. The van der Waals surface area contributed by atoms with Gasteiger partial charge in [0.15, 0.2) is 12.0 Å². The molecule has 0 aliphatic carbocycles. The van der Waals surface area contributed by atoms with E-state index in [1.54, 1.807) is 24.7 Å². The van der Waals surface area contributed by atoms with Crippen LogP contribution in [0.15, 0.2) is 29.7 Å². The summed E-state index contributed by atoms with van der Waals surface area (Å²) in [6.45, 7) is 0. The molecule has 62 valence electrons. The Kier molecular flexibility index (Phi) is 1.55. The number of hydrogen-bond acceptors (Lipinski definition) is 4. The summed E-state index contributed by atoms with van der Waals surface area (Å²) in [7, 11) is 0. The van der Waals surface area contributed by atoms with Gasteiger partial charge in [0.25, 0.3) is 0 Å². The van der Waals surface area contributed by atoms with Crippen LogP contribution in [0.25, 0.3) is 0 Å². The number of rotatable bonds is 1. The van der Waals surface area contributed by atoms with E-state index in [1.807, 2.05) is 0 Å². The lowest BCUT2D eigenvalue weighted by Gasteiger charge is -2.13. The lowest BCUT2D eigenvalue weighted by molar-refractivity contribution is 0.613. The van der Waals surface area contributed by atoms with Crippen molar-refractivity contribution in [3.05, 3.63) is 30.5 Å². The summed E-state index contributed by atoms with van der Waals surface area (Å²) in [4.78, 5) is 11.1. The first-order chi connectivity index (χ1) is 5.86. The topological polar surface area (TPSA) is 79.1 Å². The average molecular weight is 163 g/mol. The molecule has 0 aromatic carbocycles. The standard InChI is InChI=1S/C7H9N5/c8-5-1-2-9-7(12-5)6-10-3-4-11-6/h1-4,7,9H,(H2,8,12)(H,10,11). The average Bonchev–Trinajstić information content (AvgIpc) is 2.56. The zero-order valence-electron chi connectivity index (χ0n) is 6.36. The maximum Gasteiger partial charge on any atom is 0.179 e. The minimum Gasteiger partial charge on any atom is -0.384 e. The molecule has 2 rings (SSSR count). The molecule has 0 spiro atoms. The number of amidine groups is 1. The number of H-pyrrole nitrogens is 1. The summed E-state index contributed by atoms with van der Waals surface area (Å²) < 4.78 is 0. The van der Waals surface area contributed by atoms with Crippen molar-refractivity contribution in [2.24, 2.45) is 10.7 Å². The summed E-state index contributed by atoms with van der Waals surface area (Å²) in [6, 6.07) is 0. The third-order valence-corrected chi connectivity index (χ3v) is 1.56. The first kappa shape index (κ1) is 6.90. The van der Waals surface area contributed by atoms with E-state index in [1.165, 1.54) is 0 Å². The number of hydrogen-bond donors (Lipinski definition) is 3. The molecule has 1 aromatic heterocycles. The molecule has 4 N–H and O–H groups in total. The van der Waals surface area contributed by atoms with Gasteiger partial charge in [-0.15, -0.1) is 0 Å². The highest BCUT2D eigenvalue weighted by atomic mass is 15.1. The quantitative estimate of drug-likeness (QED) is 0.540. The van der Waals surface area contributed by atoms with Gasteiger partial charge in [0.05, 0.1) is 0 Å². The second kappa shape index (κ2) is 2.69. The van der Waals surface area contributed by atoms with E-state index in [2.05, 4.69) is 20.3 Å². The molecule has 0 saturated carbocycles. The Morgan fingerprint density at radius 1 is 1.50 bits per heavy atom. The fourth-order valence-corrected chi connectivity index (χ4v) is 1.02. The third-order valence-electron chi connectivity index (χ3n) is 1.56. The van der Waals surface area contributed by atoms with Crippen LogP contribution < -0.4 is 11.1 Å². The van der Waals surface area contributed by atoms with Crippen molar-refractivity contribution in [1.82, 2.24) is 15.3 Å². The summed E-state index contributed by atoms with van der Waals surface area (Å²) in [6.07, 6.45) is 6.72. The Balaban J connectivity index is 2.22. The van der Waals surface area contributed by atoms with Gasteiger partial charge in [-0.3, -0.25) is 0 Å². The monoisotopic (exact) mass is 163 g/mol.